The molecule has 4 rings (SSSR count). The molecule has 3 aromatic rings. The number of ether oxygens (including phenoxy) is 1. The highest BCUT2D eigenvalue weighted by molar-refractivity contribution is 8.00. The number of H-pyrrole nitrogens is 1. The number of rotatable bonds is 8. The van der Waals surface area contributed by atoms with Crippen molar-refractivity contribution in [1.29, 1.82) is 0 Å². The molecular formula is C26H32N4O3S. The van der Waals surface area contributed by atoms with Crippen LogP contribution in [0.1, 0.15) is 35.7 Å². The highest BCUT2D eigenvalue weighted by Crippen LogP contribution is 2.29. The lowest BCUT2D eigenvalue weighted by Crippen LogP contribution is -2.41. The molecule has 1 fully saturated rings. The molecule has 1 aromatic heterocycles. The minimum atomic E-state index is -0.350. The molecule has 2 heterocycles. The number of aromatic nitrogens is 1. The summed E-state index contributed by atoms with van der Waals surface area (Å²) in [5.74, 6) is 0.141. The molecule has 34 heavy (non-hydrogen) atoms. The largest absolute Gasteiger partial charge is 0.379 e. The van der Waals surface area contributed by atoms with Crippen molar-refractivity contribution in [3.05, 3.63) is 70.0 Å². The van der Waals surface area contributed by atoms with E-state index in [9.17, 15) is 9.59 Å². The molecule has 2 N–H and O–H groups in total. The third kappa shape index (κ3) is 5.81. The van der Waals surface area contributed by atoms with Gasteiger partial charge in [-0.3, -0.25) is 14.5 Å². The average Bonchev–Trinajstić information content (AvgIpc) is 2.85. The van der Waals surface area contributed by atoms with Crippen LogP contribution in [-0.4, -0.2) is 62.2 Å². The number of amides is 1. The van der Waals surface area contributed by atoms with Crippen molar-refractivity contribution in [3.8, 4) is 0 Å². The number of anilines is 1. The van der Waals surface area contributed by atoms with Crippen LogP contribution in [-0.2, 0) is 4.74 Å². The molecule has 0 saturated carbocycles. The van der Waals surface area contributed by atoms with Gasteiger partial charge in [-0.25, -0.2) is 0 Å². The molecule has 1 amide bonds. The number of hydrogen-bond acceptors (Lipinski definition) is 6. The summed E-state index contributed by atoms with van der Waals surface area (Å²) in [4.78, 5) is 32.1. The molecule has 1 saturated heterocycles. The van der Waals surface area contributed by atoms with Crippen LogP contribution in [0.4, 0.5) is 5.69 Å². The van der Waals surface area contributed by atoms with Crippen molar-refractivity contribution >= 4 is 34.4 Å². The monoisotopic (exact) mass is 480 g/mol. The number of fused-ring (bicyclic) bond motifs is 1. The molecule has 0 radical (unpaired) electrons. The zero-order valence-electron chi connectivity index (χ0n) is 20.0. The molecular weight excluding hydrogens is 448 g/mol. The first kappa shape index (κ1) is 24.3. The first-order valence-electron chi connectivity index (χ1n) is 11.7. The Hall–Kier alpha value is -2.81. The van der Waals surface area contributed by atoms with Crippen LogP contribution in [0.3, 0.4) is 0 Å². The van der Waals surface area contributed by atoms with Gasteiger partial charge in [-0.05, 0) is 53.8 Å². The minimum absolute atomic E-state index is 0.134. The van der Waals surface area contributed by atoms with E-state index in [0.29, 0.717) is 23.4 Å². The number of morpholine rings is 1. The Morgan fingerprint density at radius 2 is 1.91 bits per heavy atom. The van der Waals surface area contributed by atoms with E-state index in [4.69, 9.17) is 4.74 Å². The third-order valence-electron chi connectivity index (χ3n) is 6.08. The number of benzene rings is 2. The summed E-state index contributed by atoms with van der Waals surface area (Å²) in [5.41, 5.74) is 2.97. The number of hydrogen-bond donors (Lipinski definition) is 2. The van der Waals surface area contributed by atoms with Crippen LogP contribution >= 0.6 is 11.9 Å². The van der Waals surface area contributed by atoms with E-state index in [2.05, 4.69) is 57.6 Å². The van der Waals surface area contributed by atoms with Crippen LogP contribution in [0.5, 0.6) is 0 Å². The molecule has 8 heteroatoms. The van der Waals surface area contributed by atoms with Crippen molar-refractivity contribution in [2.24, 2.45) is 0 Å². The van der Waals surface area contributed by atoms with Gasteiger partial charge in [-0.15, -0.1) is 0 Å². The third-order valence-corrected chi connectivity index (χ3v) is 7.03. The second-order valence-corrected chi connectivity index (χ2v) is 9.99. The second kappa shape index (κ2) is 11.1. The molecule has 0 atom stereocenters. The maximum atomic E-state index is 13.1. The van der Waals surface area contributed by atoms with E-state index in [1.54, 1.807) is 11.9 Å². The van der Waals surface area contributed by atoms with Gasteiger partial charge in [0.15, 0.2) is 0 Å². The molecule has 0 unspecified atom stereocenters. The summed E-state index contributed by atoms with van der Waals surface area (Å²) in [6.45, 7) is 8.76. The minimum Gasteiger partial charge on any atom is -0.379 e. The van der Waals surface area contributed by atoms with Gasteiger partial charge in [0.25, 0.3) is 5.91 Å². The SMILES string of the molecule is CC(C)c1ccc(N(C)Sc2ccc3[nH]cc(C(=O)NCCN4CCOCC4)c(=O)c3c2)cc1. The molecule has 1 aliphatic heterocycles. The van der Waals surface area contributed by atoms with E-state index < -0.39 is 0 Å². The van der Waals surface area contributed by atoms with Crippen molar-refractivity contribution in [2.45, 2.75) is 24.7 Å². The molecule has 0 aliphatic carbocycles. The summed E-state index contributed by atoms with van der Waals surface area (Å²) in [6, 6.07) is 14.2. The van der Waals surface area contributed by atoms with Gasteiger partial charge in [0.2, 0.25) is 5.43 Å². The first-order valence-corrected chi connectivity index (χ1v) is 12.4. The predicted molar refractivity (Wildman–Crippen MR) is 139 cm³/mol. The fourth-order valence-electron chi connectivity index (χ4n) is 3.95. The highest BCUT2D eigenvalue weighted by atomic mass is 32.2. The van der Waals surface area contributed by atoms with E-state index >= 15 is 0 Å². The summed E-state index contributed by atoms with van der Waals surface area (Å²) in [7, 11) is 2.00. The smallest absolute Gasteiger partial charge is 0.256 e. The summed E-state index contributed by atoms with van der Waals surface area (Å²) in [5, 5.41) is 3.39. The standard InChI is InChI=1S/C26H32N4O3S/c1-18(2)19-4-6-20(7-5-19)29(3)34-21-8-9-24-22(16-21)25(31)23(17-28-24)26(32)27-10-11-30-12-14-33-15-13-30/h4-9,16-18H,10-15H2,1-3H3,(H,27,32)(H,28,31). The molecule has 0 bridgehead atoms. The highest BCUT2D eigenvalue weighted by Gasteiger charge is 2.15. The fraction of sp³-hybridized carbons (Fsp3) is 0.385. The lowest BCUT2D eigenvalue weighted by Gasteiger charge is -2.26. The van der Waals surface area contributed by atoms with E-state index in [-0.39, 0.29) is 16.9 Å². The Labute approximate surface area is 204 Å². The second-order valence-electron chi connectivity index (χ2n) is 8.78. The maximum absolute atomic E-state index is 13.1. The molecule has 1 aliphatic rings. The number of carbonyl (C=O) groups is 1. The lowest BCUT2D eigenvalue weighted by atomic mass is 10.0. The summed E-state index contributed by atoms with van der Waals surface area (Å²) in [6.07, 6.45) is 1.50. The van der Waals surface area contributed by atoms with Gasteiger partial charge in [-0.2, -0.15) is 0 Å². The number of aromatic amines is 1. The number of nitrogens with zero attached hydrogens (tertiary/aromatic N) is 2. The fourth-order valence-corrected chi connectivity index (χ4v) is 4.79. The maximum Gasteiger partial charge on any atom is 0.256 e. The van der Waals surface area contributed by atoms with Crippen molar-refractivity contribution in [1.82, 2.24) is 15.2 Å². The van der Waals surface area contributed by atoms with Gasteiger partial charge in [0.05, 0.1) is 13.2 Å². The molecule has 2 aromatic carbocycles. The van der Waals surface area contributed by atoms with Gasteiger partial charge >= 0.3 is 0 Å². The Kier molecular flexibility index (Phi) is 7.92. The van der Waals surface area contributed by atoms with Gasteiger partial charge in [-0.1, -0.05) is 26.0 Å². The lowest BCUT2D eigenvalue weighted by molar-refractivity contribution is 0.0383. The van der Waals surface area contributed by atoms with Crippen LogP contribution in [0.25, 0.3) is 10.9 Å². The van der Waals surface area contributed by atoms with E-state index in [0.717, 1.165) is 43.4 Å². The molecule has 180 valence electrons. The Morgan fingerprint density at radius 3 is 2.62 bits per heavy atom. The topological polar surface area (TPSA) is 77.7 Å². The number of pyridine rings is 1. The summed E-state index contributed by atoms with van der Waals surface area (Å²) >= 11 is 1.54. The zero-order chi connectivity index (χ0) is 24.1. The Bertz CT molecular complexity index is 1190. The average molecular weight is 481 g/mol. The number of carbonyl (C=O) groups excluding carboxylic acids is 1. The van der Waals surface area contributed by atoms with Gasteiger partial charge < -0.3 is 19.3 Å². The van der Waals surface area contributed by atoms with Gasteiger partial charge in [0, 0.05) is 60.9 Å². The first-order chi connectivity index (χ1) is 16.4. The molecule has 0 spiro atoms. The van der Waals surface area contributed by atoms with Crippen LogP contribution in [0.2, 0.25) is 0 Å². The summed E-state index contributed by atoms with van der Waals surface area (Å²) < 4.78 is 7.42. The normalized spacial score (nSPS) is 14.5. The molecule has 7 nitrogen and oxygen atoms in total. The number of nitrogens with one attached hydrogen (secondary N) is 2. The van der Waals surface area contributed by atoms with Crippen molar-refractivity contribution in [2.75, 3.05) is 50.7 Å². The van der Waals surface area contributed by atoms with E-state index in [1.165, 1.54) is 11.8 Å². The quantitative estimate of drug-likeness (QED) is 0.477. The van der Waals surface area contributed by atoms with Crippen LogP contribution in [0.15, 0.2) is 58.4 Å². The Morgan fingerprint density at radius 1 is 1.18 bits per heavy atom. The Balaban J connectivity index is 1.45. The van der Waals surface area contributed by atoms with Crippen LogP contribution < -0.4 is 15.1 Å². The zero-order valence-corrected chi connectivity index (χ0v) is 20.8. The van der Waals surface area contributed by atoms with E-state index in [1.807, 2.05) is 25.2 Å². The van der Waals surface area contributed by atoms with Gasteiger partial charge in [0.1, 0.15) is 5.56 Å². The van der Waals surface area contributed by atoms with Crippen molar-refractivity contribution < 1.29 is 9.53 Å². The van der Waals surface area contributed by atoms with Crippen LogP contribution in [0, 0.1) is 0 Å². The van der Waals surface area contributed by atoms with Crippen molar-refractivity contribution in [3.63, 3.8) is 0 Å². The predicted octanol–water partition coefficient (Wildman–Crippen LogP) is 3.86.